The zero-order chi connectivity index (χ0) is 23.3. The summed E-state index contributed by atoms with van der Waals surface area (Å²) < 4.78 is 3.16. The molecule has 0 atom stereocenters. The van der Waals surface area contributed by atoms with E-state index in [-0.39, 0.29) is 23.3 Å². The minimum atomic E-state index is -1.26. The van der Waals surface area contributed by atoms with Crippen LogP contribution in [0.2, 0.25) is 0 Å². The van der Waals surface area contributed by atoms with Crippen molar-refractivity contribution in [2.24, 2.45) is 0 Å². The number of carboxylic acid groups (broad SMARTS) is 1. The number of para-hydroxylation sites is 1. The van der Waals surface area contributed by atoms with Crippen molar-refractivity contribution in [3.05, 3.63) is 103 Å². The number of carbonyl (C=O) groups is 1. The monoisotopic (exact) mass is 504 g/mol. The van der Waals surface area contributed by atoms with Crippen LogP contribution in [-0.4, -0.2) is 25.2 Å². The summed E-state index contributed by atoms with van der Waals surface area (Å²) in [4.78, 5) is 41.6. The second kappa shape index (κ2) is 7.79. The summed E-state index contributed by atoms with van der Waals surface area (Å²) in [6.07, 6.45) is 0. The van der Waals surface area contributed by atoms with Crippen molar-refractivity contribution in [2.45, 2.75) is 6.54 Å². The number of rotatable bonds is 4. The number of nitrogens with zero attached hydrogens (tertiary/aromatic N) is 2. The van der Waals surface area contributed by atoms with Gasteiger partial charge in [-0.2, -0.15) is 0 Å². The van der Waals surface area contributed by atoms with Gasteiger partial charge in [0.05, 0.1) is 22.1 Å². The van der Waals surface area contributed by atoms with Crippen molar-refractivity contribution < 1.29 is 9.90 Å². The molecule has 4 N–H and O–H groups in total. The summed E-state index contributed by atoms with van der Waals surface area (Å²) in [5, 5.41) is 11.0. The molecule has 0 aliphatic heterocycles. The highest BCUT2D eigenvalue weighted by Gasteiger charge is 2.27. The first kappa shape index (κ1) is 20.8. The van der Waals surface area contributed by atoms with Gasteiger partial charge in [-0.25, -0.2) is 14.2 Å². The fourth-order valence-corrected chi connectivity index (χ4v) is 4.52. The first-order valence-corrected chi connectivity index (χ1v) is 10.8. The molecule has 0 aliphatic carbocycles. The van der Waals surface area contributed by atoms with Crippen LogP contribution in [-0.2, 0) is 6.54 Å². The number of nitrogen functional groups attached to an aromatic ring is 1. The summed E-state index contributed by atoms with van der Waals surface area (Å²) >= 11 is 3.42. The van der Waals surface area contributed by atoms with Crippen molar-refractivity contribution in [2.75, 3.05) is 5.73 Å². The van der Waals surface area contributed by atoms with E-state index >= 15 is 0 Å². The minimum absolute atomic E-state index is 0.0136. The number of hydrogen-bond acceptors (Lipinski definition) is 4. The molecule has 2 heterocycles. The molecule has 0 radical (unpaired) electrons. The molecule has 0 amide bonds. The minimum Gasteiger partial charge on any atom is -0.477 e. The molecule has 2 aromatic heterocycles. The van der Waals surface area contributed by atoms with Gasteiger partial charge >= 0.3 is 11.7 Å². The lowest BCUT2D eigenvalue weighted by Gasteiger charge is -2.11. The van der Waals surface area contributed by atoms with E-state index < -0.39 is 17.2 Å². The van der Waals surface area contributed by atoms with Gasteiger partial charge in [-0.1, -0.05) is 40.2 Å². The number of aromatic amines is 1. The molecular formula is C24H17BrN4O4. The van der Waals surface area contributed by atoms with E-state index in [2.05, 4.69) is 20.9 Å². The van der Waals surface area contributed by atoms with Crippen molar-refractivity contribution >= 4 is 49.4 Å². The SMILES string of the molecule is Nc1cccc(Cn2c(C(=O)O)c(-n3c(=O)[nH]c4ccccc4c3=O)c3cc(Br)ccc32)c1. The predicted octanol–water partition coefficient (Wildman–Crippen LogP) is 3.72. The maximum atomic E-state index is 13.4. The van der Waals surface area contributed by atoms with Crippen LogP contribution >= 0.6 is 15.9 Å². The average molecular weight is 505 g/mol. The van der Waals surface area contributed by atoms with Crippen molar-refractivity contribution in [1.82, 2.24) is 14.1 Å². The van der Waals surface area contributed by atoms with Crippen LogP contribution in [0, 0.1) is 0 Å². The second-order valence-electron chi connectivity index (χ2n) is 7.61. The lowest BCUT2D eigenvalue weighted by Crippen LogP contribution is -2.34. The van der Waals surface area contributed by atoms with Gasteiger partial charge in [0.15, 0.2) is 5.69 Å². The molecule has 3 aromatic carbocycles. The molecule has 5 aromatic rings. The zero-order valence-electron chi connectivity index (χ0n) is 17.1. The lowest BCUT2D eigenvalue weighted by molar-refractivity contribution is 0.0686. The standard InChI is InChI=1S/C24H17BrN4O4/c25-14-8-9-19-17(11-14)20(29-22(30)16-6-1-2-7-18(16)27-24(29)33)21(23(31)32)28(19)12-13-4-3-5-15(26)10-13/h1-11H,12,26H2,(H,27,33)(H,31,32). The maximum Gasteiger partial charge on any atom is 0.354 e. The second-order valence-corrected chi connectivity index (χ2v) is 8.53. The molecule has 0 aliphatic rings. The molecule has 33 heavy (non-hydrogen) atoms. The van der Waals surface area contributed by atoms with E-state index in [9.17, 15) is 19.5 Å². The van der Waals surface area contributed by atoms with Gasteiger partial charge in [-0.05, 0) is 48.0 Å². The fraction of sp³-hybridized carbons (Fsp3) is 0.0417. The van der Waals surface area contributed by atoms with Crippen molar-refractivity contribution in [1.29, 1.82) is 0 Å². The smallest absolute Gasteiger partial charge is 0.354 e. The normalized spacial score (nSPS) is 11.3. The van der Waals surface area contributed by atoms with E-state index in [1.807, 2.05) is 6.07 Å². The fourth-order valence-electron chi connectivity index (χ4n) is 4.16. The van der Waals surface area contributed by atoms with Crippen LogP contribution in [0.5, 0.6) is 0 Å². The molecule has 0 unspecified atom stereocenters. The van der Waals surface area contributed by atoms with Crippen LogP contribution in [0.3, 0.4) is 0 Å². The summed E-state index contributed by atoms with van der Waals surface area (Å²) in [7, 11) is 0. The highest BCUT2D eigenvalue weighted by molar-refractivity contribution is 9.10. The molecule has 0 fully saturated rings. The molecule has 0 spiro atoms. The van der Waals surface area contributed by atoms with E-state index in [0.717, 1.165) is 10.1 Å². The van der Waals surface area contributed by atoms with Gasteiger partial charge < -0.3 is 20.4 Å². The Morgan fingerprint density at radius 1 is 1.00 bits per heavy atom. The zero-order valence-corrected chi connectivity index (χ0v) is 18.7. The molecule has 164 valence electrons. The van der Waals surface area contributed by atoms with Crippen molar-refractivity contribution in [3.63, 3.8) is 0 Å². The summed E-state index contributed by atoms with van der Waals surface area (Å²) in [6, 6.07) is 19.0. The highest BCUT2D eigenvalue weighted by atomic mass is 79.9. The quantitative estimate of drug-likeness (QED) is 0.322. The molecule has 5 rings (SSSR count). The summed E-state index contributed by atoms with van der Waals surface area (Å²) in [5.41, 5.74) is 6.70. The number of nitrogens with one attached hydrogen (secondary N) is 1. The topological polar surface area (TPSA) is 123 Å². The van der Waals surface area contributed by atoms with Crippen LogP contribution in [0.4, 0.5) is 5.69 Å². The highest BCUT2D eigenvalue weighted by Crippen LogP contribution is 2.32. The van der Waals surface area contributed by atoms with E-state index in [1.54, 1.807) is 65.2 Å². The largest absolute Gasteiger partial charge is 0.477 e. The van der Waals surface area contributed by atoms with Gasteiger partial charge in [0.25, 0.3) is 5.56 Å². The Morgan fingerprint density at radius 3 is 2.55 bits per heavy atom. The number of nitrogens with two attached hydrogens (primary N) is 1. The number of hydrogen-bond donors (Lipinski definition) is 3. The number of aromatic nitrogens is 3. The number of carboxylic acids is 1. The van der Waals surface area contributed by atoms with Gasteiger partial charge in [0, 0.05) is 22.1 Å². The number of aromatic carboxylic acids is 1. The van der Waals surface area contributed by atoms with E-state index in [0.29, 0.717) is 26.6 Å². The first-order chi connectivity index (χ1) is 15.8. The molecule has 0 bridgehead atoms. The molecule has 0 saturated carbocycles. The number of fused-ring (bicyclic) bond motifs is 2. The van der Waals surface area contributed by atoms with Crippen LogP contribution in [0.1, 0.15) is 16.1 Å². The third-order valence-electron chi connectivity index (χ3n) is 5.52. The maximum absolute atomic E-state index is 13.4. The van der Waals surface area contributed by atoms with Crippen molar-refractivity contribution in [3.8, 4) is 5.69 Å². The number of halogens is 1. The van der Waals surface area contributed by atoms with Crippen LogP contribution in [0.15, 0.2) is 80.8 Å². The Morgan fingerprint density at radius 2 is 1.79 bits per heavy atom. The van der Waals surface area contributed by atoms with Gasteiger partial charge in [-0.3, -0.25) is 4.79 Å². The van der Waals surface area contributed by atoms with Crippen LogP contribution < -0.4 is 17.0 Å². The number of H-pyrrole nitrogens is 1. The van der Waals surface area contributed by atoms with E-state index in [1.165, 1.54) is 0 Å². The molecule has 8 nitrogen and oxygen atoms in total. The Balaban J connectivity index is 1.91. The Hall–Kier alpha value is -4.11. The Labute approximate surface area is 194 Å². The first-order valence-electron chi connectivity index (χ1n) is 9.99. The lowest BCUT2D eigenvalue weighted by atomic mass is 10.2. The van der Waals surface area contributed by atoms with Gasteiger partial charge in [-0.15, -0.1) is 0 Å². The number of benzene rings is 3. The summed E-state index contributed by atoms with van der Waals surface area (Å²) in [5.74, 6) is -1.26. The average Bonchev–Trinajstić information content (AvgIpc) is 3.07. The Bertz CT molecular complexity index is 1700. The van der Waals surface area contributed by atoms with E-state index in [4.69, 9.17) is 5.73 Å². The number of anilines is 1. The predicted molar refractivity (Wildman–Crippen MR) is 130 cm³/mol. The third-order valence-corrected chi connectivity index (χ3v) is 6.02. The summed E-state index contributed by atoms with van der Waals surface area (Å²) in [6.45, 7) is 0.186. The van der Waals surface area contributed by atoms with Gasteiger partial charge in [0.1, 0.15) is 0 Å². The van der Waals surface area contributed by atoms with Crippen LogP contribution in [0.25, 0.3) is 27.5 Å². The molecule has 9 heteroatoms. The third kappa shape index (κ3) is 3.42. The molecular weight excluding hydrogens is 488 g/mol. The Kier molecular flexibility index (Phi) is 4.90. The molecule has 0 saturated heterocycles. The van der Waals surface area contributed by atoms with Gasteiger partial charge in [0.2, 0.25) is 0 Å².